The Labute approximate surface area is 247 Å². The number of benzene rings is 2. The summed E-state index contributed by atoms with van der Waals surface area (Å²) in [6.07, 6.45) is 5.60. The maximum absolute atomic E-state index is 15.6. The Balaban J connectivity index is 1.23. The molecule has 2 heterocycles. The Bertz CT molecular complexity index is 1800. The zero-order valence-electron chi connectivity index (χ0n) is 23.8. The smallest absolute Gasteiger partial charge is 0.355 e. The molecule has 4 aliphatic carbocycles. The second-order valence-electron chi connectivity index (χ2n) is 12.4. The maximum Gasteiger partial charge on any atom is 0.355 e. The van der Waals surface area contributed by atoms with E-state index < -0.39 is 22.8 Å². The number of halogens is 1. The number of carbonyl (C=O) groups excluding carboxylic acids is 2. The van der Waals surface area contributed by atoms with Crippen LogP contribution in [0, 0.1) is 23.6 Å². The molecule has 4 unspecified atom stereocenters. The van der Waals surface area contributed by atoms with E-state index >= 15 is 4.39 Å². The Morgan fingerprint density at radius 3 is 2.49 bits per heavy atom. The quantitative estimate of drug-likeness (QED) is 0.323. The summed E-state index contributed by atoms with van der Waals surface area (Å²) in [5.41, 5.74) is 0.218. The van der Waals surface area contributed by atoms with Gasteiger partial charge in [-0.25, -0.2) is 14.2 Å². The predicted molar refractivity (Wildman–Crippen MR) is 158 cm³/mol. The summed E-state index contributed by atoms with van der Waals surface area (Å²) in [7, 11) is 1.23. The number of amides is 1. The van der Waals surface area contributed by atoms with Gasteiger partial charge in [0.25, 0.3) is 5.91 Å². The number of pyridine rings is 2. The van der Waals surface area contributed by atoms with Gasteiger partial charge < -0.3 is 15.2 Å². The molecule has 4 aromatic rings. The number of fused-ring (bicyclic) bond motifs is 1. The van der Waals surface area contributed by atoms with E-state index in [4.69, 9.17) is 4.74 Å². The summed E-state index contributed by atoms with van der Waals surface area (Å²) >= 11 is 0. The Morgan fingerprint density at radius 2 is 1.81 bits per heavy atom. The maximum atomic E-state index is 15.6. The van der Waals surface area contributed by atoms with Crippen molar-refractivity contribution in [2.75, 3.05) is 7.11 Å². The van der Waals surface area contributed by atoms with E-state index in [0.29, 0.717) is 24.4 Å². The third-order valence-electron chi connectivity index (χ3n) is 9.64. The summed E-state index contributed by atoms with van der Waals surface area (Å²) < 4.78 is 22.3. The molecule has 2 N–H and O–H groups in total. The molecule has 0 spiro atoms. The van der Waals surface area contributed by atoms with Crippen molar-refractivity contribution in [2.45, 2.75) is 50.2 Å². The van der Waals surface area contributed by atoms with E-state index in [0.717, 1.165) is 19.3 Å². The van der Waals surface area contributed by atoms with Crippen LogP contribution in [0.3, 0.4) is 0 Å². The average molecular weight is 582 g/mol. The first-order valence-corrected chi connectivity index (χ1v) is 14.7. The molecule has 9 heteroatoms. The minimum absolute atomic E-state index is 0.0302. The highest BCUT2D eigenvalue weighted by Gasteiger charge is 2.55. The molecule has 43 heavy (non-hydrogen) atoms. The molecule has 1 amide bonds. The van der Waals surface area contributed by atoms with E-state index in [1.54, 1.807) is 47.0 Å². The van der Waals surface area contributed by atoms with Crippen LogP contribution in [0.4, 0.5) is 4.39 Å². The predicted octanol–water partition coefficient (Wildman–Crippen LogP) is 4.57. The van der Waals surface area contributed by atoms with Gasteiger partial charge in [0.15, 0.2) is 5.43 Å². The van der Waals surface area contributed by atoms with Gasteiger partial charge in [-0.2, -0.15) is 0 Å². The zero-order chi connectivity index (χ0) is 29.9. The Hall–Kier alpha value is -4.37. The lowest BCUT2D eigenvalue weighted by molar-refractivity contribution is -0.136. The highest BCUT2D eigenvalue weighted by atomic mass is 19.1. The average Bonchev–Trinajstić information content (AvgIpc) is 3.00. The third kappa shape index (κ3) is 4.72. The fraction of sp³-hybridized carbons (Fsp3) is 0.353. The number of aromatic nitrogens is 2. The second-order valence-corrected chi connectivity index (χ2v) is 12.4. The number of rotatable bonds is 6. The molecule has 4 bridgehead atoms. The summed E-state index contributed by atoms with van der Waals surface area (Å²) in [6, 6.07) is 16.5. The van der Waals surface area contributed by atoms with Crippen molar-refractivity contribution < 1.29 is 23.8 Å². The van der Waals surface area contributed by atoms with Gasteiger partial charge in [0, 0.05) is 35.5 Å². The monoisotopic (exact) mass is 581 g/mol. The van der Waals surface area contributed by atoms with E-state index in [1.807, 2.05) is 6.07 Å². The molecule has 0 radical (unpaired) electrons. The topological polar surface area (TPSA) is 111 Å². The molecule has 8 nitrogen and oxygen atoms in total. The van der Waals surface area contributed by atoms with Crippen LogP contribution in [0.2, 0.25) is 0 Å². The lowest BCUT2D eigenvalue weighted by atomic mass is 9.52. The lowest BCUT2D eigenvalue weighted by Gasteiger charge is -2.58. The zero-order valence-corrected chi connectivity index (χ0v) is 23.8. The van der Waals surface area contributed by atoms with Gasteiger partial charge in [-0.15, -0.1) is 0 Å². The van der Waals surface area contributed by atoms with Crippen LogP contribution in [0.1, 0.15) is 64.1 Å². The van der Waals surface area contributed by atoms with E-state index in [1.165, 1.54) is 25.4 Å². The molecule has 5 atom stereocenters. The van der Waals surface area contributed by atoms with Gasteiger partial charge in [0.1, 0.15) is 17.2 Å². The fourth-order valence-electron chi connectivity index (χ4n) is 8.04. The first-order chi connectivity index (χ1) is 20.7. The Kier molecular flexibility index (Phi) is 6.65. The highest BCUT2D eigenvalue weighted by Crippen LogP contribution is 2.55. The highest BCUT2D eigenvalue weighted by molar-refractivity contribution is 5.95. The van der Waals surface area contributed by atoms with Crippen LogP contribution >= 0.6 is 0 Å². The summed E-state index contributed by atoms with van der Waals surface area (Å²) in [6.45, 7) is 0. The number of nitrogens with one attached hydrogen (secondary N) is 1. The van der Waals surface area contributed by atoms with Gasteiger partial charge in [-0.3, -0.25) is 14.2 Å². The fourth-order valence-corrected chi connectivity index (χ4v) is 8.04. The number of hydrogen-bond acceptors (Lipinski definition) is 6. The van der Waals surface area contributed by atoms with Crippen molar-refractivity contribution in [2.24, 2.45) is 17.8 Å². The number of para-hydroxylation sites is 1. The molecule has 4 saturated carbocycles. The van der Waals surface area contributed by atoms with Crippen molar-refractivity contribution in [3.63, 3.8) is 0 Å². The molecule has 4 aliphatic rings. The van der Waals surface area contributed by atoms with Crippen LogP contribution in [-0.4, -0.2) is 45.3 Å². The molecular formula is C34H32FN3O5. The van der Waals surface area contributed by atoms with Crippen LogP contribution in [-0.2, 0) is 11.2 Å². The van der Waals surface area contributed by atoms with Crippen molar-refractivity contribution >= 4 is 22.9 Å². The van der Waals surface area contributed by atoms with E-state index in [9.17, 15) is 19.5 Å². The van der Waals surface area contributed by atoms with Crippen LogP contribution < -0.4 is 10.7 Å². The van der Waals surface area contributed by atoms with Crippen molar-refractivity contribution in [1.29, 1.82) is 0 Å². The number of hydrogen-bond donors (Lipinski definition) is 2. The molecule has 0 aliphatic heterocycles. The summed E-state index contributed by atoms with van der Waals surface area (Å²) in [5.74, 6) is -0.779. The first kappa shape index (κ1) is 27.5. The van der Waals surface area contributed by atoms with Gasteiger partial charge in [0.2, 0.25) is 0 Å². The summed E-state index contributed by atoms with van der Waals surface area (Å²) in [4.78, 5) is 44.6. The second kappa shape index (κ2) is 10.4. The van der Waals surface area contributed by atoms with Gasteiger partial charge in [-0.1, -0.05) is 24.3 Å². The van der Waals surface area contributed by atoms with Crippen molar-refractivity contribution in [3.05, 3.63) is 105 Å². The number of aliphatic hydroxyl groups is 1. The number of ether oxygens (including phenoxy) is 1. The number of nitrogens with zero attached hydrogens (tertiary/aromatic N) is 2. The molecule has 0 saturated heterocycles. The first-order valence-electron chi connectivity index (χ1n) is 14.7. The van der Waals surface area contributed by atoms with Crippen LogP contribution in [0.25, 0.3) is 16.7 Å². The number of esters is 1. The molecule has 220 valence electrons. The normalized spacial score (nSPS) is 25.6. The minimum Gasteiger partial charge on any atom is -0.464 e. The lowest BCUT2D eigenvalue weighted by Crippen LogP contribution is -2.61. The van der Waals surface area contributed by atoms with Crippen molar-refractivity contribution in [1.82, 2.24) is 14.9 Å². The molecule has 2 aromatic heterocycles. The molecular weight excluding hydrogens is 549 g/mol. The SMILES string of the molecule is COC(=O)c1c(Cc2ccc(C(=O)NC3C4CC5C[C@@H]3CC(O)(C5)C4)cc2F)c(=O)c2cccnc2n1-c1ccccc1. The van der Waals surface area contributed by atoms with Gasteiger partial charge in [0.05, 0.1) is 18.1 Å². The number of methoxy groups -OCH3 is 1. The van der Waals surface area contributed by atoms with Crippen molar-refractivity contribution in [3.8, 4) is 5.69 Å². The van der Waals surface area contributed by atoms with Crippen LogP contribution in [0.15, 0.2) is 71.7 Å². The molecule has 4 fully saturated rings. The van der Waals surface area contributed by atoms with E-state index in [-0.39, 0.29) is 63.6 Å². The van der Waals surface area contributed by atoms with Crippen LogP contribution in [0.5, 0.6) is 0 Å². The largest absolute Gasteiger partial charge is 0.464 e. The molecule has 8 rings (SSSR count). The van der Waals surface area contributed by atoms with E-state index in [2.05, 4.69) is 10.3 Å². The van der Waals surface area contributed by atoms with Gasteiger partial charge in [-0.05, 0) is 91.8 Å². The van der Waals surface area contributed by atoms with Gasteiger partial charge >= 0.3 is 5.97 Å². The summed E-state index contributed by atoms with van der Waals surface area (Å²) in [5, 5.41) is 14.3. The number of carbonyl (C=O) groups is 2. The molecule has 2 aromatic carbocycles. The third-order valence-corrected chi connectivity index (χ3v) is 9.64. The Morgan fingerprint density at radius 1 is 1.07 bits per heavy atom. The standard InChI is InChI=1S/C34H32FN3O5/c1-43-33(41)29-26(30(39)25-8-5-11-36-31(25)38(29)24-6-3-2-4-7-24)14-20-9-10-21(15-27(20)35)32(40)37-28-22-12-19-13-23(28)18-34(42,16-19)17-22/h2-11,15,19,22-23,28,42H,12-14,16-18H2,1H3,(H,37,40)/t19?,22-,23?,28?,34?/m1/s1. The minimum atomic E-state index is -0.750.